The topological polar surface area (TPSA) is 179 Å². The van der Waals surface area contributed by atoms with Crippen LogP contribution in [0.15, 0.2) is 12.5 Å². The molecule has 7 N–H and O–H groups in total. The molecule has 0 aliphatic heterocycles. The zero-order chi connectivity index (χ0) is 23.4. The Morgan fingerprint density at radius 2 is 1.90 bits per heavy atom. The van der Waals surface area contributed by atoms with E-state index in [2.05, 4.69) is 25.9 Å². The number of hydrogen-bond acceptors (Lipinski definition) is 7. The van der Waals surface area contributed by atoms with Crippen LogP contribution in [-0.4, -0.2) is 75.4 Å². The van der Waals surface area contributed by atoms with Crippen molar-refractivity contribution >= 4 is 35.5 Å². The Kier molecular flexibility index (Phi) is 11.6. The molecule has 0 saturated carbocycles. The van der Waals surface area contributed by atoms with Gasteiger partial charge in [-0.05, 0) is 30.8 Å². The molecule has 0 aliphatic carbocycles. The average molecular weight is 457 g/mol. The summed E-state index contributed by atoms with van der Waals surface area (Å²) in [6.45, 7) is 3.41. The summed E-state index contributed by atoms with van der Waals surface area (Å²) in [5, 5.41) is 16.8. The number of carboxylic acid groups (broad SMARTS) is 1. The number of aromatic amines is 1. The van der Waals surface area contributed by atoms with Crippen molar-refractivity contribution < 1.29 is 24.3 Å². The third-order valence-electron chi connectivity index (χ3n) is 4.34. The number of amides is 3. The molecule has 0 saturated heterocycles. The molecule has 3 unspecified atom stereocenters. The van der Waals surface area contributed by atoms with Gasteiger partial charge in [0.15, 0.2) is 0 Å². The Morgan fingerprint density at radius 1 is 1.19 bits per heavy atom. The maximum Gasteiger partial charge on any atom is 0.326 e. The molecule has 0 fully saturated rings. The molecule has 1 rings (SSSR count). The van der Waals surface area contributed by atoms with Crippen molar-refractivity contribution in [2.24, 2.45) is 11.7 Å². The highest BCUT2D eigenvalue weighted by molar-refractivity contribution is 7.98. The van der Waals surface area contributed by atoms with Crippen molar-refractivity contribution in [3.8, 4) is 0 Å². The third-order valence-corrected chi connectivity index (χ3v) is 4.98. The molecule has 11 nitrogen and oxygen atoms in total. The van der Waals surface area contributed by atoms with Gasteiger partial charge in [0.1, 0.15) is 12.1 Å². The minimum Gasteiger partial charge on any atom is -0.480 e. The van der Waals surface area contributed by atoms with E-state index in [0.717, 1.165) is 0 Å². The summed E-state index contributed by atoms with van der Waals surface area (Å²) in [5.41, 5.74) is 6.51. The molecule has 0 spiro atoms. The van der Waals surface area contributed by atoms with Crippen LogP contribution in [-0.2, 0) is 25.6 Å². The van der Waals surface area contributed by atoms with Gasteiger partial charge >= 0.3 is 5.97 Å². The van der Waals surface area contributed by atoms with Crippen LogP contribution in [0, 0.1) is 5.92 Å². The molecular formula is C19H32N6O5S. The molecule has 1 heterocycles. The summed E-state index contributed by atoms with van der Waals surface area (Å²) in [4.78, 5) is 55.1. The molecule has 0 aromatic carbocycles. The number of hydrogen-bond donors (Lipinski definition) is 6. The second-order valence-electron chi connectivity index (χ2n) is 7.54. The fraction of sp³-hybridized carbons (Fsp3) is 0.632. The maximum atomic E-state index is 12.6. The molecule has 0 bridgehead atoms. The van der Waals surface area contributed by atoms with Crippen LogP contribution in [0.1, 0.15) is 32.4 Å². The van der Waals surface area contributed by atoms with Crippen molar-refractivity contribution in [1.82, 2.24) is 25.9 Å². The predicted molar refractivity (Wildman–Crippen MR) is 117 cm³/mol. The van der Waals surface area contributed by atoms with E-state index in [1.54, 1.807) is 6.20 Å². The molecule has 31 heavy (non-hydrogen) atoms. The van der Waals surface area contributed by atoms with Crippen molar-refractivity contribution in [3.05, 3.63) is 18.2 Å². The highest BCUT2D eigenvalue weighted by Gasteiger charge is 2.27. The van der Waals surface area contributed by atoms with Crippen LogP contribution in [0.5, 0.6) is 0 Å². The lowest BCUT2D eigenvalue weighted by Crippen LogP contribution is -2.54. The Hall–Kier alpha value is -2.60. The largest absolute Gasteiger partial charge is 0.480 e. The monoisotopic (exact) mass is 456 g/mol. The van der Waals surface area contributed by atoms with E-state index in [1.807, 2.05) is 20.1 Å². The normalized spacial score (nSPS) is 13.8. The Labute approximate surface area is 185 Å². The predicted octanol–water partition coefficient (Wildman–Crippen LogP) is -0.751. The summed E-state index contributed by atoms with van der Waals surface area (Å²) < 4.78 is 0. The first-order valence-electron chi connectivity index (χ1n) is 9.96. The van der Waals surface area contributed by atoms with Crippen LogP contribution in [0.4, 0.5) is 0 Å². The molecule has 174 valence electrons. The van der Waals surface area contributed by atoms with Gasteiger partial charge in [-0.25, -0.2) is 9.78 Å². The lowest BCUT2D eigenvalue weighted by Gasteiger charge is -2.23. The second kappa shape index (κ2) is 13.7. The van der Waals surface area contributed by atoms with E-state index in [-0.39, 0.29) is 25.3 Å². The first kappa shape index (κ1) is 26.4. The number of carboxylic acids is 1. The molecule has 0 radical (unpaired) electrons. The smallest absolute Gasteiger partial charge is 0.326 e. The van der Waals surface area contributed by atoms with Gasteiger partial charge < -0.3 is 31.8 Å². The number of aliphatic carboxylic acids is 1. The number of thioether (sulfide) groups is 1. The highest BCUT2D eigenvalue weighted by atomic mass is 32.2. The molecule has 12 heteroatoms. The van der Waals surface area contributed by atoms with Gasteiger partial charge in [-0.2, -0.15) is 11.8 Å². The zero-order valence-electron chi connectivity index (χ0n) is 18.0. The van der Waals surface area contributed by atoms with Gasteiger partial charge in [-0.3, -0.25) is 14.4 Å². The first-order valence-corrected chi connectivity index (χ1v) is 11.3. The number of nitrogens with zero attached hydrogens (tertiary/aromatic N) is 1. The molecule has 3 amide bonds. The zero-order valence-corrected chi connectivity index (χ0v) is 18.8. The summed E-state index contributed by atoms with van der Waals surface area (Å²) in [6.07, 6.45) is 5.70. The SMILES string of the molecule is CSCCC(NC(=O)C(CC(C)C)NC(=O)CNC(=O)C(N)Cc1cnc[nH]1)C(=O)O. The summed E-state index contributed by atoms with van der Waals surface area (Å²) in [7, 11) is 0. The summed E-state index contributed by atoms with van der Waals surface area (Å²) >= 11 is 1.48. The minimum absolute atomic E-state index is 0.0722. The molecular weight excluding hydrogens is 424 g/mol. The molecule has 3 atom stereocenters. The van der Waals surface area contributed by atoms with Gasteiger partial charge in [-0.15, -0.1) is 0 Å². The fourth-order valence-electron chi connectivity index (χ4n) is 2.74. The lowest BCUT2D eigenvalue weighted by atomic mass is 10.0. The first-order chi connectivity index (χ1) is 14.6. The van der Waals surface area contributed by atoms with Gasteiger partial charge in [-0.1, -0.05) is 13.8 Å². The number of imidazole rings is 1. The van der Waals surface area contributed by atoms with E-state index in [1.165, 1.54) is 18.1 Å². The quantitative estimate of drug-likeness (QED) is 0.211. The minimum atomic E-state index is -1.13. The van der Waals surface area contributed by atoms with Crippen LogP contribution in [0.2, 0.25) is 0 Å². The van der Waals surface area contributed by atoms with Crippen LogP contribution >= 0.6 is 11.8 Å². The van der Waals surface area contributed by atoms with E-state index in [0.29, 0.717) is 17.9 Å². The van der Waals surface area contributed by atoms with Gasteiger partial charge in [0, 0.05) is 18.3 Å². The van der Waals surface area contributed by atoms with Gasteiger partial charge in [0.25, 0.3) is 0 Å². The highest BCUT2D eigenvalue weighted by Crippen LogP contribution is 2.07. The van der Waals surface area contributed by atoms with E-state index < -0.39 is 41.8 Å². The second-order valence-corrected chi connectivity index (χ2v) is 8.52. The van der Waals surface area contributed by atoms with Crippen molar-refractivity contribution in [2.75, 3.05) is 18.6 Å². The number of aromatic nitrogens is 2. The van der Waals surface area contributed by atoms with E-state index in [9.17, 15) is 24.3 Å². The summed E-state index contributed by atoms with van der Waals surface area (Å²) in [5.74, 6) is -2.14. The van der Waals surface area contributed by atoms with Crippen LogP contribution in [0.25, 0.3) is 0 Å². The number of H-pyrrole nitrogens is 1. The van der Waals surface area contributed by atoms with Crippen LogP contribution < -0.4 is 21.7 Å². The Morgan fingerprint density at radius 3 is 2.45 bits per heavy atom. The standard InChI is InChI=1S/C19H32N6O5S/c1-11(2)6-15(18(28)25-14(19(29)30)4-5-31-3)24-16(26)9-22-17(27)13(20)7-12-8-21-10-23-12/h8,10-11,13-15H,4-7,9,20H2,1-3H3,(H,21,23)(H,22,27)(H,24,26)(H,25,28)(H,29,30). The molecule has 0 aliphatic rings. The lowest BCUT2D eigenvalue weighted by molar-refractivity contribution is -0.142. The van der Waals surface area contributed by atoms with E-state index in [4.69, 9.17) is 5.73 Å². The fourth-order valence-corrected chi connectivity index (χ4v) is 3.21. The number of carbonyl (C=O) groups is 4. The number of carbonyl (C=O) groups excluding carboxylic acids is 3. The Balaban J connectivity index is 2.60. The molecule has 1 aromatic rings. The Bertz CT molecular complexity index is 727. The van der Waals surface area contributed by atoms with Crippen molar-refractivity contribution in [3.63, 3.8) is 0 Å². The van der Waals surface area contributed by atoms with Crippen LogP contribution in [0.3, 0.4) is 0 Å². The summed E-state index contributed by atoms with van der Waals surface area (Å²) in [6, 6.07) is -2.82. The van der Waals surface area contributed by atoms with Gasteiger partial charge in [0.05, 0.1) is 18.9 Å². The number of nitrogens with two attached hydrogens (primary N) is 1. The van der Waals surface area contributed by atoms with E-state index >= 15 is 0 Å². The molecule has 1 aromatic heterocycles. The van der Waals surface area contributed by atoms with Crippen molar-refractivity contribution in [1.29, 1.82) is 0 Å². The van der Waals surface area contributed by atoms with Gasteiger partial charge in [0.2, 0.25) is 17.7 Å². The average Bonchev–Trinajstić information content (AvgIpc) is 3.20. The maximum absolute atomic E-state index is 12.6. The number of nitrogens with one attached hydrogen (secondary N) is 4. The van der Waals surface area contributed by atoms with Crippen molar-refractivity contribution in [2.45, 2.75) is 51.2 Å². The third kappa shape index (κ3) is 10.3. The number of rotatable bonds is 14.